The van der Waals surface area contributed by atoms with Crippen molar-refractivity contribution in [3.63, 3.8) is 0 Å². The first kappa shape index (κ1) is 14.5. The first-order chi connectivity index (χ1) is 10.2. The lowest BCUT2D eigenvalue weighted by molar-refractivity contribution is 0.289. The molecule has 2 heterocycles. The molecule has 1 fully saturated rings. The van der Waals surface area contributed by atoms with E-state index >= 15 is 0 Å². The predicted octanol–water partition coefficient (Wildman–Crippen LogP) is 2.22. The van der Waals surface area contributed by atoms with E-state index in [0.29, 0.717) is 23.5 Å². The molecule has 0 amide bonds. The first-order valence-electron chi connectivity index (χ1n) is 7.45. The quantitative estimate of drug-likeness (QED) is 0.877. The topological polar surface area (TPSA) is 66.5 Å². The van der Waals surface area contributed by atoms with Crippen LogP contribution in [-0.2, 0) is 0 Å². The standard InChI is InChI=1S/C14H20ClN5O/c1-10-12(15)18-14-16-9-17-20(14)13(10)19(7-8-21)11-5-3-2-4-6-11/h9,11,21H,2-8H2,1H3. The van der Waals surface area contributed by atoms with E-state index in [-0.39, 0.29) is 6.61 Å². The third kappa shape index (κ3) is 2.70. The first-order valence-corrected chi connectivity index (χ1v) is 7.83. The maximum atomic E-state index is 9.48. The number of hydrogen-bond donors (Lipinski definition) is 1. The zero-order chi connectivity index (χ0) is 14.8. The van der Waals surface area contributed by atoms with Crippen LogP contribution in [0.25, 0.3) is 5.78 Å². The van der Waals surface area contributed by atoms with Crippen LogP contribution in [0.5, 0.6) is 0 Å². The van der Waals surface area contributed by atoms with E-state index in [1.54, 1.807) is 4.52 Å². The molecule has 2 aromatic heterocycles. The van der Waals surface area contributed by atoms with Gasteiger partial charge in [-0.25, -0.2) is 0 Å². The van der Waals surface area contributed by atoms with E-state index in [0.717, 1.165) is 24.2 Å². The van der Waals surface area contributed by atoms with Gasteiger partial charge in [-0.3, -0.25) is 0 Å². The summed E-state index contributed by atoms with van der Waals surface area (Å²) in [6.45, 7) is 2.62. The van der Waals surface area contributed by atoms with Crippen LogP contribution in [0.2, 0.25) is 5.15 Å². The van der Waals surface area contributed by atoms with E-state index in [1.807, 2.05) is 6.92 Å². The van der Waals surface area contributed by atoms with E-state index in [4.69, 9.17) is 11.6 Å². The van der Waals surface area contributed by atoms with Gasteiger partial charge < -0.3 is 10.0 Å². The smallest absolute Gasteiger partial charge is 0.255 e. The summed E-state index contributed by atoms with van der Waals surface area (Å²) >= 11 is 6.25. The van der Waals surface area contributed by atoms with Crippen LogP contribution in [0.15, 0.2) is 6.33 Å². The average Bonchev–Trinajstić information content (AvgIpc) is 2.95. The third-order valence-electron chi connectivity index (χ3n) is 4.20. The molecule has 6 nitrogen and oxygen atoms in total. The summed E-state index contributed by atoms with van der Waals surface area (Å²) in [5, 5.41) is 14.2. The highest BCUT2D eigenvalue weighted by Gasteiger charge is 2.26. The molecule has 1 N–H and O–H groups in total. The molecular weight excluding hydrogens is 290 g/mol. The second-order valence-electron chi connectivity index (χ2n) is 5.53. The summed E-state index contributed by atoms with van der Waals surface area (Å²) in [6.07, 6.45) is 7.50. The van der Waals surface area contributed by atoms with Crippen LogP contribution < -0.4 is 4.90 Å². The van der Waals surface area contributed by atoms with Gasteiger partial charge in [-0.2, -0.15) is 19.6 Å². The lowest BCUT2D eigenvalue weighted by Crippen LogP contribution is -2.40. The fourth-order valence-corrected chi connectivity index (χ4v) is 3.34. The molecule has 0 bridgehead atoms. The highest BCUT2D eigenvalue weighted by Crippen LogP contribution is 2.31. The second-order valence-corrected chi connectivity index (χ2v) is 5.89. The zero-order valence-corrected chi connectivity index (χ0v) is 12.9. The molecule has 0 saturated heterocycles. The van der Waals surface area contributed by atoms with Crippen molar-refractivity contribution in [1.29, 1.82) is 0 Å². The third-order valence-corrected chi connectivity index (χ3v) is 4.57. The Hall–Kier alpha value is -1.40. The molecule has 0 atom stereocenters. The molecule has 114 valence electrons. The molecule has 0 aromatic carbocycles. The van der Waals surface area contributed by atoms with Gasteiger partial charge in [0, 0.05) is 18.2 Å². The van der Waals surface area contributed by atoms with Crippen LogP contribution in [0.3, 0.4) is 0 Å². The summed E-state index contributed by atoms with van der Waals surface area (Å²) in [4.78, 5) is 10.6. The molecule has 1 aliphatic carbocycles. The number of halogens is 1. The Bertz CT molecular complexity index is 623. The highest BCUT2D eigenvalue weighted by molar-refractivity contribution is 6.30. The van der Waals surface area contributed by atoms with Gasteiger partial charge in [0.1, 0.15) is 17.3 Å². The van der Waals surface area contributed by atoms with Crippen molar-refractivity contribution in [2.45, 2.75) is 45.1 Å². The largest absolute Gasteiger partial charge is 0.395 e. The summed E-state index contributed by atoms with van der Waals surface area (Å²) in [7, 11) is 0. The van der Waals surface area contributed by atoms with Crippen molar-refractivity contribution in [3.05, 3.63) is 17.0 Å². The second kappa shape index (κ2) is 6.15. The van der Waals surface area contributed by atoms with E-state index in [2.05, 4.69) is 20.0 Å². The summed E-state index contributed by atoms with van der Waals surface area (Å²) in [6, 6.07) is 0.412. The van der Waals surface area contributed by atoms with Gasteiger partial charge in [0.15, 0.2) is 0 Å². The number of fused-ring (bicyclic) bond motifs is 1. The Labute approximate surface area is 128 Å². The summed E-state index contributed by atoms with van der Waals surface area (Å²) < 4.78 is 1.73. The molecule has 0 unspecified atom stereocenters. The molecule has 1 saturated carbocycles. The fourth-order valence-electron chi connectivity index (χ4n) is 3.18. The number of aliphatic hydroxyl groups excluding tert-OH is 1. The Morgan fingerprint density at radius 2 is 2.14 bits per heavy atom. The van der Waals surface area contributed by atoms with E-state index in [9.17, 15) is 5.11 Å². The minimum absolute atomic E-state index is 0.103. The maximum absolute atomic E-state index is 9.48. The lowest BCUT2D eigenvalue weighted by atomic mass is 9.94. The predicted molar refractivity (Wildman–Crippen MR) is 81.8 cm³/mol. The van der Waals surface area contributed by atoms with E-state index in [1.165, 1.54) is 25.6 Å². The molecule has 0 radical (unpaired) electrons. The number of rotatable bonds is 4. The highest BCUT2D eigenvalue weighted by atomic mass is 35.5. The molecule has 3 rings (SSSR count). The molecule has 2 aromatic rings. The maximum Gasteiger partial charge on any atom is 0.255 e. The summed E-state index contributed by atoms with van der Waals surface area (Å²) in [5.74, 6) is 1.41. The molecule has 7 heteroatoms. The monoisotopic (exact) mass is 309 g/mol. The fraction of sp³-hybridized carbons (Fsp3) is 0.643. The van der Waals surface area contributed by atoms with Crippen LogP contribution in [0, 0.1) is 6.92 Å². The number of hydrogen-bond acceptors (Lipinski definition) is 5. The van der Waals surface area contributed by atoms with Crippen molar-refractivity contribution in [2.24, 2.45) is 0 Å². The molecule has 21 heavy (non-hydrogen) atoms. The van der Waals surface area contributed by atoms with Gasteiger partial charge in [-0.1, -0.05) is 30.9 Å². The number of aromatic nitrogens is 4. The number of nitrogens with zero attached hydrogens (tertiary/aromatic N) is 5. The van der Waals surface area contributed by atoms with Crippen LogP contribution in [0.4, 0.5) is 5.82 Å². The van der Waals surface area contributed by atoms with E-state index < -0.39 is 0 Å². The average molecular weight is 310 g/mol. The Morgan fingerprint density at radius 1 is 1.38 bits per heavy atom. The van der Waals surface area contributed by atoms with Gasteiger partial charge in [0.05, 0.1) is 6.61 Å². The van der Waals surface area contributed by atoms with Crippen molar-refractivity contribution in [1.82, 2.24) is 19.6 Å². The molecule has 1 aliphatic rings. The van der Waals surface area contributed by atoms with Crippen molar-refractivity contribution in [2.75, 3.05) is 18.1 Å². The molecule has 0 spiro atoms. The van der Waals surface area contributed by atoms with Crippen LogP contribution in [0.1, 0.15) is 37.7 Å². The number of aliphatic hydroxyl groups is 1. The Morgan fingerprint density at radius 3 is 2.86 bits per heavy atom. The minimum Gasteiger partial charge on any atom is -0.395 e. The van der Waals surface area contributed by atoms with Crippen LogP contribution in [-0.4, -0.2) is 43.9 Å². The lowest BCUT2D eigenvalue weighted by Gasteiger charge is -2.36. The van der Waals surface area contributed by atoms with Gasteiger partial charge in [-0.05, 0) is 19.8 Å². The SMILES string of the molecule is Cc1c(Cl)nc2ncnn2c1N(CCO)C1CCCCC1. The molecule has 0 aliphatic heterocycles. The van der Waals surface area contributed by atoms with Gasteiger partial charge in [-0.15, -0.1) is 0 Å². The van der Waals surface area contributed by atoms with Gasteiger partial charge in [0.25, 0.3) is 5.78 Å². The van der Waals surface area contributed by atoms with Gasteiger partial charge >= 0.3 is 0 Å². The number of anilines is 1. The molecular formula is C14H20ClN5O. The normalized spacial score (nSPS) is 16.5. The van der Waals surface area contributed by atoms with Gasteiger partial charge in [0.2, 0.25) is 0 Å². The zero-order valence-electron chi connectivity index (χ0n) is 12.2. The van der Waals surface area contributed by atoms with Crippen molar-refractivity contribution in [3.8, 4) is 0 Å². The Balaban J connectivity index is 2.09. The Kier molecular flexibility index (Phi) is 4.26. The van der Waals surface area contributed by atoms with Crippen LogP contribution >= 0.6 is 11.6 Å². The van der Waals surface area contributed by atoms with Crippen molar-refractivity contribution < 1.29 is 5.11 Å². The van der Waals surface area contributed by atoms with Crippen molar-refractivity contribution >= 4 is 23.2 Å². The summed E-state index contributed by atoms with van der Waals surface area (Å²) in [5.41, 5.74) is 0.883. The minimum atomic E-state index is 0.103.